The number of aromatic nitrogens is 2. The zero-order valence-corrected chi connectivity index (χ0v) is 8.12. The van der Waals surface area contributed by atoms with Gasteiger partial charge in [0.15, 0.2) is 5.69 Å². The maximum absolute atomic E-state index is 11.5. The number of nitro groups is 1. The van der Waals surface area contributed by atoms with Crippen LogP contribution < -0.4 is 0 Å². The van der Waals surface area contributed by atoms with Gasteiger partial charge in [-0.05, 0) is 25.4 Å². The lowest BCUT2D eigenvalue weighted by Gasteiger charge is -1.95. The van der Waals surface area contributed by atoms with E-state index in [9.17, 15) is 14.6 Å². The van der Waals surface area contributed by atoms with Gasteiger partial charge >= 0.3 is 5.95 Å². The molecule has 0 fully saturated rings. The van der Waals surface area contributed by atoms with E-state index in [1.807, 2.05) is 0 Å². The van der Waals surface area contributed by atoms with Crippen LogP contribution in [0, 0.1) is 10.1 Å². The molecule has 1 aromatic heterocycles. The summed E-state index contributed by atoms with van der Waals surface area (Å²) in [5, 5.41) is 10.4. The standard InChI is InChI=1S/C5H5BrFN3O3/c1-9-3(2-13-7)4(6)8-5(9)10(11)12/h2H2,1H3. The van der Waals surface area contributed by atoms with Gasteiger partial charge in [-0.2, -0.15) is 4.94 Å². The smallest absolute Gasteiger partial charge is 0.390 e. The fourth-order valence-electron chi connectivity index (χ4n) is 0.858. The van der Waals surface area contributed by atoms with Crippen LogP contribution in [0.25, 0.3) is 0 Å². The molecule has 13 heavy (non-hydrogen) atoms. The van der Waals surface area contributed by atoms with Crippen LogP contribution in [0.4, 0.5) is 10.5 Å². The first-order valence-electron chi connectivity index (χ1n) is 3.17. The minimum atomic E-state index is -0.660. The monoisotopic (exact) mass is 253 g/mol. The summed E-state index contributed by atoms with van der Waals surface area (Å²) in [4.78, 5) is 16.6. The second-order valence-corrected chi connectivity index (χ2v) is 2.97. The fourth-order valence-corrected chi connectivity index (χ4v) is 1.40. The summed E-state index contributed by atoms with van der Waals surface area (Å²) in [5.41, 5.74) is 0.272. The Morgan fingerprint density at radius 2 is 2.46 bits per heavy atom. The van der Waals surface area contributed by atoms with E-state index in [-0.39, 0.29) is 22.9 Å². The lowest BCUT2D eigenvalue weighted by molar-refractivity contribution is -0.396. The zero-order valence-electron chi connectivity index (χ0n) is 6.53. The Balaban J connectivity index is 3.14. The molecule has 8 heteroatoms. The largest absolute Gasteiger partial charge is 0.435 e. The lowest BCUT2D eigenvalue weighted by Crippen LogP contribution is -2.02. The molecule has 1 aromatic rings. The van der Waals surface area contributed by atoms with Crippen LogP contribution in [0.15, 0.2) is 4.60 Å². The molecule has 0 aliphatic rings. The highest BCUT2D eigenvalue weighted by atomic mass is 79.9. The predicted molar refractivity (Wildman–Crippen MR) is 43.5 cm³/mol. The summed E-state index contributed by atoms with van der Waals surface area (Å²) < 4.78 is 12.9. The molecule has 72 valence electrons. The van der Waals surface area contributed by atoms with Crippen molar-refractivity contribution in [3.8, 4) is 0 Å². The first-order chi connectivity index (χ1) is 6.07. The molecule has 0 saturated carbocycles. The third kappa shape index (κ3) is 1.83. The zero-order chi connectivity index (χ0) is 10.0. The number of imidazole rings is 1. The van der Waals surface area contributed by atoms with Crippen LogP contribution in [0.3, 0.4) is 0 Å². The molecule has 0 amide bonds. The summed E-state index contributed by atoms with van der Waals surface area (Å²) >= 11 is 2.95. The maximum Gasteiger partial charge on any atom is 0.435 e. The van der Waals surface area contributed by atoms with Crippen molar-refractivity contribution in [1.82, 2.24) is 9.55 Å². The van der Waals surface area contributed by atoms with Crippen molar-refractivity contribution in [2.24, 2.45) is 7.05 Å². The maximum atomic E-state index is 11.5. The first-order valence-corrected chi connectivity index (χ1v) is 3.96. The summed E-state index contributed by atoms with van der Waals surface area (Å²) in [7, 11) is 1.41. The molecule has 0 saturated heterocycles. The van der Waals surface area contributed by atoms with Crippen LogP contribution in [0.1, 0.15) is 5.69 Å². The second-order valence-electron chi connectivity index (χ2n) is 2.22. The van der Waals surface area contributed by atoms with Crippen molar-refractivity contribution >= 4 is 21.9 Å². The van der Waals surface area contributed by atoms with Crippen LogP contribution in [-0.2, 0) is 18.6 Å². The van der Waals surface area contributed by atoms with Crippen LogP contribution in [-0.4, -0.2) is 14.5 Å². The molecule has 0 N–H and O–H groups in total. The first kappa shape index (κ1) is 10.1. The molecule has 0 aromatic carbocycles. The fraction of sp³-hybridized carbons (Fsp3) is 0.400. The van der Waals surface area contributed by atoms with E-state index in [1.54, 1.807) is 0 Å². The summed E-state index contributed by atoms with van der Waals surface area (Å²) in [6.45, 7) is -0.377. The molecule has 6 nitrogen and oxygen atoms in total. The highest BCUT2D eigenvalue weighted by Crippen LogP contribution is 2.21. The molecule has 0 aliphatic heterocycles. The Kier molecular flexibility index (Phi) is 2.94. The van der Waals surface area contributed by atoms with Crippen LogP contribution >= 0.6 is 15.9 Å². The normalized spacial score (nSPS) is 10.4. The molecule has 0 radical (unpaired) electrons. The average molecular weight is 254 g/mol. The Hall–Kier alpha value is -1.02. The van der Waals surface area contributed by atoms with Gasteiger partial charge in [0.1, 0.15) is 6.61 Å². The van der Waals surface area contributed by atoms with E-state index in [0.29, 0.717) is 0 Å². The molecular weight excluding hydrogens is 249 g/mol. The molecule has 0 bridgehead atoms. The van der Waals surface area contributed by atoms with Crippen molar-refractivity contribution < 1.29 is 14.4 Å². The molecule has 0 aliphatic carbocycles. The third-order valence-electron chi connectivity index (χ3n) is 1.50. The van der Waals surface area contributed by atoms with Crippen LogP contribution in [0.5, 0.6) is 0 Å². The Bertz CT molecular complexity index is 340. The van der Waals surface area contributed by atoms with E-state index in [0.717, 1.165) is 4.57 Å². The van der Waals surface area contributed by atoms with Gasteiger partial charge in [-0.1, -0.05) is 4.98 Å². The quantitative estimate of drug-likeness (QED) is 0.605. The predicted octanol–water partition coefficient (Wildman–Crippen LogP) is 1.49. The highest BCUT2D eigenvalue weighted by Gasteiger charge is 2.23. The molecule has 0 unspecified atom stereocenters. The number of hydrogen-bond donors (Lipinski definition) is 0. The van der Waals surface area contributed by atoms with Crippen molar-refractivity contribution in [3.05, 3.63) is 20.4 Å². The number of hydrogen-bond acceptors (Lipinski definition) is 4. The van der Waals surface area contributed by atoms with Crippen molar-refractivity contribution in [3.63, 3.8) is 0 Å². The number of nitrogens with zero attached hydrogens (tertiary/aromatic N) is 3. The van der Waals surface area contributed by atoms with E-state index in [1.165, 1.54) is 7.05 Å². The van der Waals surface area contributed by atoms with Gasteiger partial charge < -0.3 is 10.1 Å². The molecule has 0 atom stereocenters. The second kappa shape index (κ2) is 3.79. The van der Waals surface area contributed by atoms with Crippen molar-refractivity contribution in [1.29, 1.82) is 0 Å². The molecule has 1 rings (SSSR count). The van der Waals surface area contributed by atoms with Gasteiger partial charge in [-0.25, -0.2) is 4.57 Å². The number of rotatable bonds is 3. The SMILES string of the molecule is Cn1c([N+](=O)[O-])nc(Br)c1COF. The molecule has 0 spiro atoms. The van der Waals surface area contributed by atoms with E-state index in [4.69, 9.17) is 0 Å². The van der Waals surface area contributed by atoms with Crippen molar-refractivity contribution in [2.75, 3.05) is 0 Å². The van der Waals surface area contributed by atoms with Gasteiger partial charge in [-0.15, -0.1) is 0 Å². The average Bonchev–Trinajstić information content (AvgIpc) is 2.32. The molecule has 1 heterocycles. The summed E-state index contributed by atoms with van der Waals surface area (Å²) in [5.74, 6) is -0.362. The number of halogens is 2. The van der Waals surface area contributed by atoms with Gasteiger partial charge in [0, 0.05) is 0 Å². The topological polar surface area (TPSA) is 70.2 Å². The minimum Gasteiger partial charge on any atom is -0.390 e. The van der Waals surface area contributed by atoms with Gasteiger partial charge in [0.2, 0.25) is 4.60 Å². The highest BCUT2D eigenvalue weighted by molar-refractivity contribution is 9.10. The summed E-state index contributed by atoms with van der Waals surface area (Å²) in [6, 6.07) is 0. The van der Waals surface area contributed by atoms with E-state index in [2.05, 4.69) is 25.9 Å². The van der Waals surface area contributed by atoms with Gasteiger partial charge in [-0.3, -0.25) is 0 Å². The Morgan fingerprint density at radius 1 is 1.85 bits per heavy atom. The van der Waals surface area contributed by atoms with E-state index < -0.39 is 4.92 Å². The Labute approximate surface area is 80.5 Å². The van der Waals surface area contributed by atoms with Gasteiger partial charge in [0.25, 0.3) is 0 Å². The minimum absolute atomic E-state index is 0.208. The van der Waals surface area contributed by atoms with Crippen molar-refractivity contribution in [2.45, 2.75) is 6.61 Å². The third-order valence-corrected chi connectivity index (χ3v) is 2.13. The van der Waals surface area contributed by atoms with Gasteiger partial charge in [0.05, 0.1) is 7.05 Å². The lowest BCUT2D eigenvalue weighted by atomic mass is 10.5. The van der Waals surface area contributed by atoms with Crippen LogP contribution in [0.2, 0.25) is 0 Å². The van der Waals surface area contributed by atoms with E-state index >= 15 is 0 Å². The Morgan fingerprint density at radius 3 is 2.85 bits per heavy atom. The summed E-state index contributed by atoms with van der Waals surface area (Å²) in [6.07, 6.45) is 0. The molecular formula is C5H5BrFN3O3.